The van der Waals surface area contributed by atoms with E-state index in [1.807, 2.05) is 36.4 Å². The van der Waals surface area contributed by atoms with E-state index in [1.54, 1.807) is 29.2 Å². The van der Waals surface area contributed by atoms with Gasteiger partial charge in [0.05, 0.1) is 22.2 Å². The molecule has 1 heterocycles. The Morgan fingerprint density at radius 2 is 1.96 bits per heavy atom. The first-order valence-corrected chi connectivity index (χ1v) is 9.21. The number of hydrogen-bond acceptors (Lipinski definition) is 3. The molecule has 0 radical (unpaired) electrons. The van der Waals surface area contributed by atoms with Crippen LogP contribution in [0.25, 0.3) is 0 Å². The van der Waals surface area contributed by atoms with E-state index in [4.69, 9.17) is 16.3 Å². The molecule has 0 saturated heterocycles. The highest BCUT2D eigenvalue weighted by molar-refractivity contribution is 9.10. The molecule has 0 aliphatic rings. The van der Waals surface area contributed by atoms with E-state index in [-0.39, 0.29) is 5.91 Å². The Hall–Kier alpha value is -2.31. The number of rotatable bonds is 7. The second-order valence-corrected chi connectivity index (χ2v) is 6.88. The number of nitrogens with zero attached hydrogens (tertiary/aromatic N) is 2. The fourth-order valence-corrected chi connectivity index (χ4v) is 2.88. The number of carbonyl (C=O) groups is 1. The summed E-state index contributed by atoms with van der Waals surface area (Å²) in [6.45, 7) is 1.48. The van der Waals surface area contributed by atoms with Gasteiger partial charge in [-0.2, -0.15) is 5.10 Å². The molecule has 0 fully saturated rings. The average Bonchev–Trinajstić information content (AvgIpc) is 3.06. The predicted molar refractivity (Wildman–Crippen MR) is 104 cm³/mol. The van der Waals surface area contributed by atoms with Crippen LogP contribution in [0.15, 0.2) is 65.4 Å². The Labute approximate surface area is 165 Å². The van der Waals surface area contributed by atoms with Crippen molar-refractivity contribution in [2.45, 2.75) is 13.2 Å². The molecule has 3 aromatic rings. The maximum absolute atomic E-state index is 12.2. The molecule has 0 spiro atoms. The van der Waals surface area contributed by atoms with Gasteiger partial charge in [0.15, 0.2) is 0 Å². The summed E-state index contributed by atoms with van der Waals surface area (Å²) in [5, 5.41) is 7.51. The highest BCUT2D eigenvalue weighted by atomic mass is 79.9. The van der Waals surface area contributed by atoms with Gasteiger partial charge in [-0.15, -0.1) is 0 Å². The van der Waals surface area contributed by atoms with Crippen LogP contribution in [0.5, 0.6) is 5.75 Å². The highest BCUT2D eigenvalue weighted by Gasteiger charge is 2.06. The van der Waals surface area contributed by atoms with Crippen molar-refractivity contribution < 1.29 is 9.53 Å². The molecule has 3 rings (SSSR count). The van der Waals surface area contributed by atoms with Crippen LogP contribution < -0.4 is 10.1 Å². The average molecular weight is 435 g/mol. The lowest BCUT2D eigenvalue weighted by molar-refractivity contribution is 0.0952. The largest absolute Gasteiger partial charge is 0.488 e. The number of para-hydroxylation sites is 1. The molecule has 7 heteroatoms. The zero-order valence-electron chi connectivity index (χ0n) is 13.9. The van der Waals surface area contributed by atoms with Gasteiger partial charge in [0.25, 0.3) is 5.91 Å². The van der Waals surface area contributed by atoms with Crippen molar-refractivity contribution in [1.29, 1.82) is 0 Å². The van der Waals surface area contributed by atoms with Crippen molar-refractivity contribution in [3.8, 4) is 5.75 Å². The first-order chi connectivity index (χ1) is 12.6. The number of amides is 1. The summed E-state index contributed by atoms with van der Waals surface area (Å²) in [7, 11) is 0. The molecule has 1 aromatic heterocycles. The lowest BCUT2D eigenvalue weighted by Crippen LogP contribution is -2.27. The number of carbonyl (C=O) groups excluding carboxylic acids is 1. The van der Waals surface area contributed by atoms with E-state index < -0.39 is 0 Å². The third-order valence-corrected chi connectivity index (χ3v) is 4.53. The molecule has 0 unspecified atom stereocenters. The van der Waals surface area contributed by atoms with Crippen LogP contribution in [0, 0.1) is 0 Å². The van der Waals surface area contributed by atoms with Crippen molar-refractivity contribution >= 4 is 33.4 Å². The molecule has 0 bridgehead atoms. The normalized spacial score (nSPS) is 10.5. The van der Waals surface area contributed by atoms with E-state index in [9.17, 15) is 4.79 Å². The summed E-state index contributed by atoms with van der Waals surface area (Å²) >= 11 is 9.25. The molecular formula is C19H17BrClN3O2. The summed E-state index contributed by atoms with van der Waals surface area (Å²) in [5.41, 5.74) is 1.59. The van der Waals surface area contributed by atoms with Crippen molar-refractivity contribution in [3.05, 3.63) is 81.5 Å². The Morgan fingerprint density at radius 3 is 2.65 bits per heavy atom. The van der Waals surface area contributed by atoms with E-state index in [0.717, 1.165) is 15.8 Å². The molecule has 1 amide bonds. The first kappa shape index (κ1) is 18.5. The third-order valence-electron chi connectivity index (χ3n) is 3.68. The maximum atomic E-state index is 12.2. The predicted octanol–water partition coefficient (Wildman–Crippen LogP) is 4.31. The Morgan fingerprint density at radius 1 is 1.19 bits per heavy atom. The van der Waals surface area contributed by atoms with Crippen LogP contribution in [0.3, 0.4) is 0 Å². The molecule has 5 nitrogen and oxygen atoms in total. The van der Waals surface area contributed by atoms with Gasteiger partial charge in [0, 0.05) is 18.3 Å². The van der Waals surface area contributed by atoms with Crippen LogP contribution in [0.2, 0.25) is 5.02 Å². The van der Waals surface area contributed by atoms with Gasteiger partial charge in [0.2, 0.25) is 0 Å². The zero-order valence-corrected chi connectivity index (χ0v) is 16.2. The number of nitrogens with one attached hydrogen (secondary N) is 1. The first-order valence-electron chi connectivity index (χ1n) is 8.04. The lowest BCUT2D eigenvalue weighted by atomic mass is 10.1. The van der Waals surface area contributed by atoms with Crippen molar-refractivity contribution in [1.82, 2.24) is 15.1 Å². The SMILES string of the molecule is O=C(NCCn1cc(Cl)cn1)c1ccc(COc2ccccc2Br)cc1. The minimum atomic E-state index is -0.124. The summed E-state index contributed by atoms with van der Waals surface area (Å²) in [6.07, 6.45) is 3.28. The number of benzene rings is 2. The van der Waals surface area contributed by atoms with Gasteiger partial charge >= 0.3 is 0 Å². The van der Waals surface area contributed by atoms with Gasteiger partial charge in [-0.05, 0) is 45.8 Å². The quantitative estimate of drug-likeness (QED) is 0.603. The Bertz CT molecular complexity index is 881. The summed E-state index contributed by atoms with van der Waals surface area (Å²) in [6, 6.07) is 15.0. The molecule has 0 aliphatic carbocycles. The smallest absolute Gasteiger partial charge is 0.251 e. The number of aromatic nitrogens is 2. The second-order valence-electron chi connectivity index (χ2n) is 5.59. The summed E-state index contributed by atoms with van der Waals surface area (Å²) in [4.78, 5) is 12.2. The van der Waals surface area contributed by atoms with E-state index in [0.29, 0.717) is 30.3 Å². The van der Waals surface area contributed by atoms with Crippen LogP contribution in [0.1, 0.15) is 15.9 Å². The van der Waals surface area contributed by atoms with Gasteiger partial charge in [-0.3, -0.25) is 9.48 Å². The summed E-state index contributed by atoms with van der Waals surface area (Å²) < 4.78 is 8.37. The highest BCUT2D eigenvalue weighted by Crippen LogP contribution is 2.24. The maximum Gasteiger partial charge on any atom is 0.251 e. The van der Waals surface area contributed by atoms with Gasteiger partial charge < -0.3 is 10.1 Å². The van der Waals surface area contributed by atoms with Crippen LogP contribution >= 0.6 is 27.5 Å². The van der Waals surface area contributed by atoms with Gasteiger partial charge in [-0.25, -0.2) is 0 Å². The van der Waals surface area contributed by atoms with Crippen LogP contribution in [-0.4, -0.2) is 22.2 Å². The molecule has 0 aliphatic heterocycles. The topological polar surface area (TPSA) is 56.2 Å². The number of ether oxygens (including phenoxy) is 1. The van der Waals surface area contributed by atoms with Gasteiger partial charge in [-0.1, -0.05) is 35.9 Å². The minimum absolute atomic E-state index is 0.124. The molecule has 0 atom stereocenters. The van der Waals surface area contributed by atoms with Crippen LogP contribution in [0.4, 0.5) is 0 Å². The van der Waals surface area contributed by atoms with Crippen LogP contribution in [-0.2, 0) is 13.2 Å². The van der Waals surface area contributed by atoms with Gasteiger partial charge in [0.1, 0.15) is 12.4 Å². The zero-order chi connectivity index (χ0) is 18.4. The molecule has 1 N–H and O–H groups in total. The Balaban J connectivity index is 1.48. The van der Waals surface area contributed by atoms with E-state index in [2.05, 4.69) is 26.3 Å². The lowest BCUT2D eigenvalue weighted by Gasteiger charge is -2.09. The molecule has 134 valence electrons. The summed E-state index contributed by atoms with van der Waals surface area (Å²) in [5.74, 6) is 0.662. The third kappa shape index (κ3) is 5.09. The second kappa shape index (κ2) is 8.87. The fourth-order valence-electron chi connectivity index (χ4n) is 2.32. The fraction of sp³-hybridized carbons (Fsp3) is 0.158. The van der Waals surface area contributed by atoms with E-state index in [1.165, 1.54) is 0 Å². The minimum Gasteiger partial charge on any atom is -0.488 e. The number of hydrogen-bond donors (Lipinski definition) is 1. The van der Waals surface area contributed by atoms with Crippen molar-refractivity contribution in [2.75, 3.05) is 6.54 Å². The van der Waals surface area contributed by atoms with Crippen molar-refractivity contribution in [3.63, 3.8) is 0 Å². The molecule has 0 saturated carbocycles. The monoisotopic (exact) mass is 433 g/mol. The Kier molecular flexibility index (Phi) is 6.30. The molecule has 2 aromatic carbocycles. The van der Waals surface area contributed by atoms with Crippen molar-refractivity contribution in [2.24, 2.45) is 0 Å². The molecule has 26 heavy (non-hydrogen) atoms. The van der Waals surface area contributed by atoms with E-state index >= 15 is 0 Å². The molecular weight excluding hydrogens is 418 g/mol. The standard InChI is InChI=1S/C19H17BrClN3O2/c20-17-3-1-2-4-18(17)26-13-14-5-7-15(8-6-14)19(25)22-9-10-24-12-16(21)11-23-24/h1-8,11-12H,9-10,13H2,(H,22,25). The number of halogens is 2.